The number of phenols is 1. The Labute approximate surface area is 155 Å². The zero-order valence-electron chi connectivity index (χ0n) is 14.2. The van der Waals surface area contributed by atoms with Crippen LogP contribution in [0.5, 0.6) is 11.5 Å². The number of halogens is 1. The van der Waals surface area contributed by atoms with Crippen LogP contribution in [0.4, 0.5) is 0 Å². The number of carbonyl (C=O) groups excluding carboxylic acids is 1. The van der Waals surface area contributed by atoms with Gasteiger partial charge >= 0.3 is 0 Å². The van der Waals surface area contributed by atoms with Gasteiger partial charge in [-0.05, 0) is 60.9 Å². The monoisotopic (exact) mass is 401 g/mol. The van der Waals surface area contributed by atoms with Crippen LogP contribution in [0.1, 0.15) is 34.5 Å². The molecular formula is C20H20BrNO3. The number of phenolic OH excluding ortho intramolecular Hbond substituents is 1. The van der Waals surface area contributed by atoms with Crippen LogP contribution in [0.3, 0.4) is 0 Å². The summed E-state index contributed by atoms with van der Waals surface area (Å²) in [5.74, 6) is 0.624. The van der Waals surface area contributed by atoms with Crippen LogP contribution in [0.25, 0.3) is 0 Å². The summed E-state index contributed by atoms with van der Waals surface area (Å²) in [4.78, 5) is 14.4. The minimum absolute atomic E-state index is 0.0196. The van der Waals surface area contributed by atoms with Crippen molar-refractivity contribution in [1.82, 2.24) is 4.90 Å². The van der Waals surface area contributed by atoms with E-state index in [9.17, 15) is 9.90 Å². The number of rotatable bonds is 4. The minimum Gasteiger partial charge on any atom is -0.504 e. The molecule has 2 aromatic carbocycles. The number of hydrogen-bond acceptors (Lipinski definition) is 4. The Bertz CT molecular complexity index is 814. The fourth-order valence-corrected chi connectivity index (χ4v) is 3.36. The Hall–Kier alpha value is -2.27. The summed E-state index contributed by atoms with van der Waals surface area (Å²) < 4.78 is 6.17. The van der Waals surface area contributed by atoms with E-state index in [0.717, 1.165) is 28.6 Å². The van der Waals surface area contributed by atoms with Crippen molar-refractivity contribution in [3.05, 3.63) is 69.8 Å². The van der Waals surface area contributed by atoms with Crippen molar-refractivity contribution in [2.75, 3.05) is 13.7 Å². The Kier molecular flexibility index (Phi) is 5.13. The zero-order valence-corrected chi connectivity index (χ0v) is 15.8. The van der Waals surface area contributed by atoms with E-state index in [-0.39, 0.29) is 17.6 Å². The van der Waals surface area contributed by atoms with Crippen molar-refractivity contribution in [3.63, 3.8) is 0 Å². The summed E-state index contributed by atoms with van der Waals surface area (Å²) in [6.07, 6.45) is 4.29. The molecule has 3 rings (SSSR count). The lowest BCUT2D eigenvalue weighted by molar-refractivity contribution is 0.104. The molecular weight excluding hydrogens is 382 g/mol. The lowest BCUT2D eigenvalue weighted by Crippen LogP contribution is -2.29. The normalized spacial score (nSPS) is 16.8. The highest BCUT2D eigenvalue weighted by atomic mass is 79.9. The highest BCUT2D eigenvalue weighted by Crippen LogP contribution is 2.37. The average molecular weight is 402 g/mol. The molecule has 1 aliphatic heterocycles. The minimum atomic E-state index is -0.0196. The van der Waals surface area contributed by atoms with Crippen LogP contribution in [0.2, 0.25) is 0 Å². The lowest BCUT2D eigenvalue weighted by Gasteiger charge is -2.34. The number of fused-ring (bicyclic) bond motifs is 1. The maximum Gasteiger partial charge on any atom is 0.187 e. The number of hydrogen-bond donors (Lipinski definition) is 1. The summed E-state index contributed by atoms with van der Waals surface area (Å²) in [7, 11) is 1.55. The summed E-state index contributed by atoms with van der Waals surface area (Å²) in [5, 5.41) is 9.94. The number of nitrogens with zero attached hydrogens (tertiary/aromatic N) is 1. The maximum absolute atomic E-state index is 12.3. The first-order chi connectivity index (χ1) is 12.0. The summed E-state index contributed by atoms with van der Waals surface area (Å²) in [5.41, 5.74) is 2.90. The second kappa shape index (κ2) is 7.31. The predicted octanol–water partition coefficient (Wildman–Crippen LogP) is 4.48. The van der Waals surface area contributed by atoms with Gasteiger partial charge < -0.3 is 14.7 Å². The standard InChI is InChI=1S/C20H20BrNO3/c1-13-17-12-20(25-2)19(24)11-15(17)7-9-22(13)10-8-18(23)14-3-5-16(21)6-4-14/h3-6,8,10-13,24H,7,9H2,1-2H3/b10-8+/t13-/m0/s1. The number of aromatic hydroxyl groups is 1. The van der Waals surface area contributed by atoms with E-state index in [1.54, 1.807) is 31.4 Å². The fourth-order valence-electron chi connectivity index (χ4n) is 3.10. The first kappa shape index (κ1) is 17.5. The van der Waals surface area contributed by atoms with Crippen molar-refractivity contribution < 1.29 is 14.6 Å². The smallest absolute Gasteiger partial charge is 0.187 e. The van der Waals surface area contributed by atoms with Crippen LogP contribution in [0, 0.1) is 0 Å². The van der Waals surface area contributed by atoms with E-state index in [0.29, 0.717) is 11.3 Å². The van der Waals surface area contributed by atoms with Crippen molar-refractivity contribution in [2.45, 2.75) is 19.4 Å². The van der Waals surface area contributed by atoms with Crippen LogP contribution >= 0.6 is 15.9 Å². The average Bonchev–Trinajstić information content (AvgIpc) is 2.61. The van der Waals surface area contributed by atoms with E-state index >= 15 is 0 Å². The van der Waals surface area contributed by atoms with Gasteiger partial charge in [0.25, 0.3) is 0 Å². The van der Waals surface area contributed by atoms with E-state index in [4.69, 9.17) is 4.74 Å². The molecule has 0 amide bonds. The highest BCUT2D eigenvalue weighted by molar-refractivity contribution is 9.10. The molecule has 1 atom stereocenters. The van der Waals surface area contributed by atoms with E-state index in [1.165, 1.54) is 0 Å². The molecule has 0 unspecified atom stereocenters. The van der Waals surface area contributed by atoms with E-state index in [1.807, 2.05) is 24.4 Å². The molecule has 0 saturated heterocycles. The van der Waals surface area contributed by atoms with Gasteiger partial charge in [-0.25, -0.2) is 0 Å². The molecule has 0 saturated carbocycles. The topological polar surface area (TPSA) is 49.8 Å². The van der Waals surface area contributed by atoms with Gasteiger partial charge in [-0.2, -0.15) is 0 Å². The molecule has 1 aliphatic rings. The molecule has 0 radical (unpaired) electrons. The van der Waals surface area contributed by atoms with Crippen molar-refractivity contribution in [3.8, 4) is 11.5 Å². The summed E-state index contributed by atoms with van der Waals surface area (Å²) in [6, 6.07) is 11.1. The maximum atomic E-state index is 12.3. The molecule has 4 nitrogen and oxygen atoms in total. The van der Waals surface area contributed by atoms with Gasteiger partial charge in [0.1, 0.15) is 0 Å². The predicted molar refractivity (Wildman–Crippen MR) is 101 cm³/mol. The highest BCUT2D eigenvalue weighted by Gasteiger charge is 2.23. The van der Waals surface area contributed by atoms with Gasteiger partial charge in [0.15, 0.2) is 17.3 Å². The van der Waals surface area contributed by atoms with Gasteiger partial charge in [-0.3, -0.25) is 4.79 Å². The van der Waals surface area contributed by atoms with Crippen LogP contribution < -0.4 is 4.74 Å². The van der Waals surface area contributed by atoms with Gasteiger partial charge in [0.2, 0.25) is 0 Å². The number of ether oxygens (including phenoxy) is 1. The van der Waals surface area contributed by atoms with Gasteiger partial charge in [-0.15, -0.1) is 0 Å². The van der Waals surface area contributed by atoms with Crippen LogP contribution in [-0.2, 0) is 6.42 Å². The molecule has 130 valence electrons. The Balaban J connectivity index is 1.78. The number of carbonyl (C=O) groups is 1. The van der Waals surface area contributed by atoms with Crippen LogP contribution in [0.15, 0.2) is 53.1 Å². The number of benzene rings is 2. The fraction of sp³-hybridized carbons (Fsp3) is 0.250. The molecule has 5 heteroatoms. The first-order valence-corrected chi connectivity index (χ1v) is 8.92. The zero-order chi connectivity index (χ0) is 18.0. The van der Waals surface area contributed by atoms with Crippen molar-refractivity contribution in [2.24, 2.45) is 0 Å². The first-order valence-electron chi connectivity index (χ1n) is 8.13. The number of allylic oxidation sites excluding steroid dienone is 1. The third-order valence-corrected chi connectivity index (χ3v) is 5.10. The lowest BCUT2D eigenvalue weighted by atomic mass is 9.93. The van der Waals surface area contributed by atoms with Crippen LogP contribution in [-0.4, -0.2) is 29.4 Å². The largest absolute Gasteiger partial charge is 0.504 e. The molecule has 25 heavy (non-hydrogen) atoms. The molecule has 0 spiro atoms. The van der Waals surface area contributed by atoms with E-state index < -0.39 is 0 Å². The van der Waals surface area contributed by atoms with Crippen molar-refractivity contribution in [1.29, 1.82) is 0 Å². The third-order valence-electron chi connectivity index (χ3n) is 4.57. The molecule has 1 heterocycles. The second-order valence-electron chi connectivity index (χ2n) is 6.07. The molecule has 2 aromatic rings. The number of methoxy groups -OCH3 is 1. The SMILES string of the molecule is COc1cc2c(cc1O)CCN(/C=C/C(=O)c1ccc(Br)cc1)[C@H]2C. The second-order valence-corrected chi connectivity index (χ2v) is 6.99. The molecule has 0 bridgehead atoms. The number of ketones is 1. The Morgan fingerprint density at radius 2 is 2.04 bits per heavy atom. The Morgan fingerprint density at radius 3 is 2.72 bits per heavy atom. The van der Waals surface area contributed by atoms with Crippen molar-refractivity contribution >= 4 is 21.7 Å². The molecule has 0 aromatic heterocycles. The van der Waals surface area contributed by atoms with Gasteiger partial charge in [0, 0.05) is 28.9 Å². The van der Waals surface area contributed by atoms with E-state index in [2.05, 4.69) is 27.8 Å². The Morgan fingerprint density at radius 1 is 1.32 bits per heavy atom. The van der Waals surface area contributed by atoms with Gasteiger partial charge in [0.05, 0.1) is 13.2 Å². The quantitative estimate of drug-likeness (QED) is 0.605. The molecule has 0 fully saturated rings. The molecule has 0 aliphatic carbocycles. The third kappa shape index (κ3) is 3.71. The summed E-state index contributed by atoms with van der Waals surface area (Å²) in [6.45, 7) is 2.88. The van der Waals surface area contributed by atoms with Gasteiger partial charge in [-0.1, -0.05) is 15.9 Å². The summed E-state index contributed by atoms with van der Waals surface area (Å²) >= 11 is 3.37. The molecule has 1 N–H and O–H groups in total.